The number of rotatable bonds is 3. The van der Waals surface area contributed by atoms with Crippen molar-refractivity contribution in [3.05, 3.63) is 12.0 Å². The molecule has 1 N–H and O–H groups in total. The number of carbonyl (C=O) groups is 1. The van der Waals surface area contributed by atoms with Crippen LogP contribution >= 0.6 is 0 Å². The van der Waals surface area contributed by atoms with Crippen molar-refractivity contribution in [2.45, 2.75) is 12.8 Å². The number of carbonyl (C=O) groups excluding carboxylic acids is 1. The second-order valence-electron chi connectivity index (χ2n) is 3.86. The van der Waals surface area contributed by atoms with Gasteiger partial charge in [0.25, 0.3) is 0 Å². The van der Waals surface area contributed by atoms with Crippen molar-refractivity contribution >= 4 is 5.78 Å². The van der Waals surface area contributed by atoms with Crippen LogP contribution in [0.3, 0.4) is 0 Å². The molecule has 1 saturated heterocycles. The number of Topliss-reactive ketones (excluding diaryl/α,β-unsaturated/α-hetero) is 1. The molecular formula is C10H17FN2O. The second kappa shape index (κ2) is 5.10. The third-order valence-electron chi connectivity index (χ3n) is 2.23. The third kappa shape index (κ3) is 3.46. The van der Waals surface area contributed by atoms with Crippen LogP contribution in [0.4, 0.5) is 4.39 Å². The van der Waals surface area contributed by atoms with Gasteiger partial charge in [0, 0.05) is 52.1 Å². The first-order valence-electron chi connectivity index (χ1n) is 4.85. The van der Waals surface area contributed by atoms with Crippen molar-refractivity contribution in [2.75, 3.05) is 27.2 Å². The van der Waals surface area contributed by atoms with Crippen LogP contribution in [0.1, 0.15) is 12.8 Å². The van der Waals surface area contributed by atoms with Gasteiger partial charge in [-0.15, -0.1) is 0 Å². The molecule has 0 saturated carbocycles. The number of nitrogens with zero attached hydrogens (tertiary/aromatic N) is 1. The summed E-state index contributed by atoms with van der Waals surface area (Å²) in [6.45, 7) is 1.34. The first kappa shape index (κ1) is 11.2. The molecule has 1 rings (SSSR count). The molecule has 1 aliphatic heterocycles. The van der Waals surface area contributed by atoms with E-state index in [0.717, 1.165) is 6.54 Å². The van der Waals surface area contributed by atoms with Gasteiger partial charge in [0.2, 0.25) is 0 Å². The van der Waals surface area contributed by atoms with Gasteiger partial charge >= 0.3 is 0 Å². The Morgan fingerprint density at radius 3 is 3.00 bits per heavy atom. The van der Waals surface area contributed by atoms with Crippen molar-refractivity contribution in [2.24, 2.45) is 5.92 Å². The predicted octanol–water partition coefficient (Wildman–Crippen LogP) is 0.928. The van der Waals surface area contributed by atoms with Gasteiger partial charge in [-0.25, -0.2) is 4.39 Å². The largest absolute Gasteiger partial charge is 0.381 e. The van der Waals surface area contributed by atoms with E-state index in [-0.39, 0.29) is 23.9 Å². The molecule has 4 heteroatoms. The Morgan fingerprint density at radius 2 is 2.43 bits per heavy atom. The standard InChI is InChI=1S/C10H17FN2O/c1-13(2)7-9(11)5-8-6-12-4-3-10(8)14/h7-8,12H,3-6H2,1-2H3. The zero-order chi connectivity index (χ0) is 10.6. The Labute approximate surface area is 84.0 Å². The quantitative estimate of drug-likeness (QED) is 0.735. The van der Waals surface area contributed by atoms with E-state index >= 15 is 0 Å². The summed E-state index contributed by atoms with van der Waals surface area (Å²) >= 11 is 0. The van der Waals surface area contributed by atoms with Crippen LogP contribution < -0.4 is 5.32 Å². The molecule has 80 valence electrons. The van der Waals surface area contributed by atoms with Crippen molar-refractivity contribution in [1.29, 1.82) is 0 Å². The molecule has 1 heterocycles. The molecule has 0 aromatic heterocycles. The number of halogens is 1. The highest BCUT2D eigenvalue weighted by Gasteiger charge is 2.22. The fourth-order valence-corrected chi connectivity index (χ4v) is 1.56. The smallest absolute Gasteiger partial charge is 0.138 e. The Morgan fingerprint density at radius 1 is 1.71 bits per heavy atom. The van der Waals surface area contributed by atoms with Gasteiger partial charge < -0.3 is 10.2 Å². The molecule has 0 spiro atoms. The Balaban J connectivity index is 2.46. The minimum absolute atomic E-state index is 0.172. The van der Waals surface area contributed by atoms with E-state index in [9.17, 15) is 9.18 Å². The molecule has 3 nitrogen and oxygen atoms in total. The maximum Gasteiger partial charge on any atom is 0.138 e. The van der Waals surface area contributed by atoms with Crippen molar-refractivity contribution < 1.29 is 9.18 Å². The molecule has 0 aromatic rings. The number of hydrogen-bond donors (Lipinski definition) is 1. The van der Waals surface area contributed by atoms with E-state index in [1.165, 1.54) is 6.20 Å². The van der Waals surface area contributed by atoms with Crippen LogP contribution in [-0.2, 0) is 4.79 Å². The van der Waals surface area contributed by atoms with E-state index in [0.29, 0.717) is 13.0 Å². The molecule has 14 heavy (non-hydrogen) atoms. The zero-order valence-corrected chi connectivity index (χ0v) is 8.72. The van der Waals surface area contributed by atoms with E-state index < -0.39 is 0 Å². The normalized spacial score (nSPS) is 23.8. The molecule has 0 aromatic carbocycles. The first-order valence-corrected chi connectivity index (χ1v) is 4.85. The van der Waals surface area contributed by atoms with Gasteiger partial charge in [0.15, 0.2) is 0 Å². The zero-order valence-electron chi connectivity index (χ0n) is 8.72. The highest BCUT2D eigenvalue weighted by molar-refractivity contribution is 5.82. The van der Waals surface area contributed by atoms with Crippen LogP contribution in [0.25, 0.3) is 0 Å². The Hall–Kier alpha value is -0.900. The van der Waals surface area contributed by atoms with Crippen molar-refractivity contribution in [1.82, 2.24) is 10.2 Å². The average Bonchev–Trinajstić information content (AvgIpc) is 2.07. The second-order valence-corrected chi connectivity index (χ2v) is 3.86. The summed E-state index contributed by atoms with van der Waals surface area (Å²) in [6, 6.07) is 0. The van der Waals surface area contributed by atoms with E-state index in [2.05, 4.69) is 5.32 Å². The summed E-state index contributed by atoms with van der Waals surface area (Å²) in [4.78, 5) is 13.0. The van der Waals surface area contributed by atoms with E-state index in [1.54, 1.807) is 19.0 Å². The molecule has 1 aliphatic rings. The topological polar surface area (TPSA) is 32.3 Å². The van der Waals surface area contributed by atoms with Crippen molar-refractivity contribution in [3.63, 3.8) is 0 Å². The lowest BCUT2D eigenvalue weighted by molar-refractivity contribution is -0.123. The summed E-state index contributed by atoms with van der Waals surface area (Å²) in [6.07, 6.45) is 2.17. The van der Waals surface area contributed by atoms with Crippen LogP contribution in [0.5, 0.6) is 0 Å². The van der Waals surface area contributed by atoms with Gasteiger partial charge in [0.05, 0.1) is 0 Å². The minimum Gasteiger partial charge on any atom is -0.381 e. The first-order chi connectivity index (χ1) is 6.59. The van der Waals surface area contributed by atoms with Gasteiger partial charge in [-0.05, 0) is 0 Å². The van der Waals surface area contributed by atoms with Crippen LogP contribution in [-0.4, -0.2) is 37.9 Å². The number of allylic oxidation sites excluding steroid dienone is 1. The van der Waals surface area contributed by atoms with E-state index in [1.807, 2.05) is 0 Å². The Bertz CT molecular complexity index is 238. The molecule has 0 amide bonds. The van der Waals surface area contributed by atoms with Crippen LogP contribution in [0.15, 0.2) is 12.0 Å². The van der Waals surface area contributed by atoms with Gasteiger partial charge in [-0.3, -0.25) is 4.79 Å². The molecular weight excluding hydrogens is 183 g/mol. The molecule has 1 atom stereocenters. The highest BCUT2D eigenvalue weighted by atomic mass is 19.1. The number of hydrogen-bond acceptors (Lipinski definition) is 3. The Kier molecular flexibility index (Phi) is 4.07. The predicted molar refractivity (Wildman–Crippen MR) is 53.5 cm³/mol. The lowest BCUT2D eigenvalue weighted by Gasteiger charge is -2.21. The number of nitrogens with one attached hydrogen (secondary N) is 1. The lowest BCUT2D eigenvalue weighted by Crippen LogP contribution is -2.36. The molecule has 0 aliphatic carbocycles. The maximum absolute atomic E-state index is 13.3. The molecule has 0 radical (unpaired) electrons. The molecule has 1 unspecified atom stereocenters. The third-order valence-corrected chi connectivity index (χ3v) is 2.23. The van der Waals surface area contributed by atoms with Gasteiger partial charge in [0.1, 0.15) is 11.6 Å². The van der Waals surface area contributed by atoms with E-state index in [4.69, 9.17) is 0 Å². The number of ketones is 1. The highest BCUT2D eigenvalue weighted by Crippen LogP contribution is 2.17. The number of piperidine rings is 1. The fourth-order valence-electron chi connectivity index (χ4n) is 1.56. The summed E-state index contributed by atoms with van der Waals surface area (Å²) < 4.78 is 13.3. The maximum atomic E-state index is 13.3. The molecule has 0 bridgehead atoms. The van der Waals surface area contributed by atoms with Crippen LogP contribution in [0.2, 0.25) is 0 Å². The minimum atomic E-state index is -0.225. The van der Waals surface area contributed by atoms with Gasteiger partial charge in [-0.1, -0.05) is 0 Å². The van der Waals surface area contributed by atoms with Gasteiger partial charge in [-0.2, -0.15) is 0 Å². The van der Waals surface area contributed by atoms with Crippen LogP contribution in [0, 0.1) is 5.92 Å². The molecule has 1 fully saturated rings. The summed E-state index contributed by atoms with van der Waals surface area (Å²) in [5.74, 6) is -0.233. The average molecular weight is 200 g/mol. The fraction of sp³-hybridized carbons (Fsp3) is 0.700. The SMILES string of the molecule is CN(C)C=C(F)CC1CNCCC1=O. The summed E-state index contributed by atoms with van der Waals surface area (Å²) in [5, 5.41) is 3.10. The monoisotopic (exact) mass is 200 g/mol. The van der Waals surface area contributed by atoms with Crippen molar-refractivity contribution in [3.8, 4) is 0 Å². The lowest BCUT2D eigenvalue weighted by atomic mass is 9.94. The summed E-state index contributed by atoms with van der Waals surface area (Å²) in [5.41, 5.74) is 0. The summed E-state index contributed by atoms with van der Waals surface area (Å²) in [7, 11) is 3.53.